The summed E-state index contributed by atoms with van der Waals surface area (Å²) in [7, 11) is 0. The summed E-state index contributed by atoms with van der Waals surface area (Å²) in [6, 6.07) is 7.22. The Labute approximate surface area is 134 Å². The number of amides is 1. The number of benzene rings is 1. The minimum atomic E-state index is -0.510. The first-order valence-corrected chi connectivity index (χ1v) is 8.29. The molecule has 0 aliphatic heterocycles. The van der Waals surface area contributed by atoms with Gasteiger partial charge in [0.15, 0.2) is 0 Å². The highest BCUT2D eigenvalue weighted by molar-refractivity contribution is 5.94. The molecule has 0 saturated heterocycles. The van der Waals surface area contributed by atoms with Crippen molar-refractivity contribution in [2.24, 2.45) is 11.7 Å². The highest BCUT2D eigenvalue weighted by atomic mass is 16.5. The highest BCUT2D eigenvalue weighted by Gasteiger charge is 2.08. The lowest BCUT2D eigenvalue weighted by Gasteiger charge is -2.15. The van der Waals surface area contributed by atoms with Gasteiger partial charge in [-0.1, -0.05) is 45.2 Å². The lowest BCUT2D eigenvalue weighted by molar-refractivity contribution is -0.117. The highest BCUT2D eigenvalue weighted by Crippen LogP contribution is 2.15. The molecule has 0 bridgehead atoms. The van der Waals surface area contributed by atoms with Crippen molar-refractivity contribution in [1.29, 1.82) is 0 Å². The first-order chi connectivity index (χ1) is 10.6. The molecular formula is C18H30N2O2. The van der Waals surface area contributed by atoms with Crippen LogP contribution >= 0.6 is 0 Å². The van der Waals surface area contributed by atoms with Gasteiger partial charge in [-0.25, -0.2) is 0 Å². The molecule has 1 aromatic rings. The van der Waals surface area contributed by atoms with Crippen LogP contribution in [0.1, 0.15) is 52.0 Å². The second-order valence-corrected chi connectivity index (χ2v) is 5.91. The molecule has 4 heteroatoms. The molecule has 22 heavy (non-hydrogen) atoms. The summed E-state index contributed by atoms with van der Waals surface area (Å²) in [4.78, 5) is 11.6. The Balaban J connectivity index is 2.44. The van der Waals surface area contributed by atoms with Crippen molar-refractivity contribution in [3.8, 4) is 0 Å². The summed E-state index contributed by atoms with van der Waals surface area (Å²) in [6.45, 7) is 7.48. The standard InChI is InChI=1S/C18H30N2O2/c1-4-6-8-15(5-2)12-22-13-16-9-7-10-17(11-16)20-18(21)14(3)19/h7,9-11,14-15H,4-6,8,12-13,19H2,1-3H3,(H,20,21)/t14-,15?/m0/s1. The molecule has 3 N–H and O–H groups in total. The molecular weight excluding hydrogens is 276 g/mol. The molecule has 4 nitrogen and oxygen atoms in total. The van der Waals surface area contributed by atoms with Crippen molar-refractivity contribution in [2.75, 3.05) is 11.9 Å². The number of carbonyl (C=O) groups excluding carboxylic acids is 1. The van der Waals surface area contributed by atoms with E-state index in [2.05, 4.69) is 19.2 Å². The quantitative estimate of drug-likeness (QED) is 0.692. The van der Waals surface area contributed by atoms with E-state index in [0.717, 1.165) is 24.3 Å². The van der Waals surface area contributed by atoms with Gasteiger partial charge in [-0.2, -0.15) is 0 Å². The molecule has 0 spiro atoms. The van der Waals surface area contributed by atoms with Crippen LogP contribution in [0.3, 0.4) is 0 Å². The van der Waals surface area contributed by atoms with E-state index in [-0.39, 0.29) is 5.91 Å². The number of unbranched alkanes of at least 4 members (excludes halogenated alkanes) is 1. The number of anilines is 1. The molecule has 124 valence electrons. The van der Waals surface area contributed by atoms with Gasteiger partial charge in [0, 0.05) is 12.3 Å². The number of nitrogens with two attached hydrogens (primary N) is 1. The topological polar surface area (TPSA) is 64.3 Å². The zero-order valence-electron chi connectivity index (χ0n) is 14.1. The molecule has 1 rings (SSSR count). The Morgan fingerprint density at radius 3 is 2.77 bits per heavy atom. The first-order valence-electron chi connectivity index (χ1n) is 8.29. The monoisotopic (exact) mass is 306 g/mol. The van der Waals surface area contributed by atoms with Gasteiger partial charge in [0.05, 0.1) is 12.6 Å². The van der Waals surface area contributed by atoms with Gasteiger partial charge in [-0.3, -0.25) is 4.79 Å². The van der Waals surface area contributed by atoms with E-state index < -0.39 is 6.04 Å². The fraction of sp³-hybridized carbons (Fsp3) is 0.611. The zero-order chi connectivity index (χ0) is 16.4. The maximum Gasteiger partial charge on any atom is 0.240 e. The minimum Gasteiger partial charge on any atom is -0.376 e. The van der Waals surface area contributed by atoms with E-state index in [1.807, 2.05) is 24.3 Å². The Morgan fingerprint density at radius 2 is 2.14 bits per heavy atom. The summed E-state index contributed by atoms with van der Waals surface area (Å²) >= 11 is 0. The third-order valence-electron chi connectivity index (χ3n) is 3.77. The van der Waals surface area contributed by atoms with Gasteiger partial charge in [-0.05, 0) is 37.0 Å². The Hall–Kier alpha value is -1.39. The van der Waals surface area contributed by atoms with E-state index in [1.54, 1.807) is 6.92 Å². The molecule has 0 radical (unpaired) electrons. The van der Waals surface area contributed by atoms with Crippen LogP contribution in [0, 0.1) is 5.92 Å². The number of hydrogen-bond acceptors (Lipinski definition) is 3. The zero-order valence-corrected chi connectivity index (χ0v) is 14.1. The lowest BCUT2D eigenvalue weighted by Crippen LogP contribution is -2.32. The molecule has 1 unspecified atom stereocenters. The molecule has 0 heterocycles. The average Bonchev–Trinajstić information content (AvgIpc) is 2.51. The fourth-order valence-electron chi connectivity index (χ4n) is 2.24. The van der Waals surface area contributed by atoms with E-state index in [9.17, 15) is 4.79 Å². The molecule has 2 atom stereocenters. The second kappa shape index (κ2) is 10.4. The molecule has 0 aromatic heterocycles. The van der Waals surface area contributed by atoms with Gasteiger partial charge >= 0.3 is 0 Å². The Bertz CT molecular complexity index is 446. The third-order valence-corrected chi connectivity index (χ3v) is 3.77. The molecule has 0 fully saturated rings. The van der Waals surface area contributed by atoms with Crippen LogP contribution in [0.15, 0.2) is 24.3 Å². The molecule has 0 saturated carbocycles. The summed E-state index contributed by atoms with van der Waals surface area (Å²) in [5.74, 6) is 0.463. The van der Waals surface area contributed by atoms with Crippen molar-refractivity contribution in [3.63, 3.8) is 0 Å². The van der Waals surface area contributed by atoms with Crippen LogP contribution in [-0.2, 0) is 16.1 Å². The van der Waals surface area contributed by atoms with Crippen molar-refractivity contribution in [3.05, 3.63) is 29.8 Å². The number of carbonyl (C=O) groups is 1. The fourth-order valence-corrected chi connectivity index (χ4v) is 2.24. The SMILES string of the molecule is CCCCC(CC)COCc1cccc(NC(=O)[C@H](C)N)c1. The minimum absolute atomic E-state index is 0.177. The van der Waals surface area contributed by atoms with E-state index in [0.29, 0.717) is 12.5 Å². The largest absolute Gasteiger partial charge is 0.376 e. The number of ether oxygens (including phenoxy) is 1. The average molecular weight is 306 g/mol. The predicted octanol–water partition coefficient (Wildman–Crippen LogP) is 3.71. The van der Waals surface area contributed by atoms with Crippen molar-refractivity contribution in [1.82, 2.24) is 0 Å². The number of nitrogens with one attached hydrogen (secondary N) is 1. The maximum atomic E-state index is 11.6. The van der Waals surface area contributed by atoms with Crippen LogP contribution in [0.4, 0.5) is 5.69 Å². The Morgan fingerprint density at radius 1 is 1.36 bits per heavy atom. The van der Waals surface area contributed by atoms with Crippen LogP contribution < -0.4 is 11.1 Å². The Kier molecular flexibility index (Phi) is 8.78. The molecule has 0 aliphatic carbocycles. The van der Waals surface area contributed by atoms with Gasteiger partial charge in [0.2, 0.25) is 5.91 Å². The number of hydrogen-bond donors (Lipinski definition) is 2. The van der Waals surface area contributed by atoms with Crippen molar-refractivity contribution >= 4 is 11.6 Å². The number of rotatable bonds is 10. The lowest BCUT2D eigenvalue weighted by atomic mass is 10.0. The summed E-state index contributed by atoms with van der Waals surface area (Å²) in [6.07, 6.45) is 4.89. The van der Waals surface area contributed by atoms with E-state index in [1.165, 1.54) is 19.3 Å². The maximum absolute atomic E-state index is 11.6. The van der Waals surface area contributed by atoms with E-state index >= 15 is 0 Å². The summed E-state index contributed by atoms with van der Waals surface area (Å²) < 4.78 is 5.84. The van der Waals surface area contributed by atoms with Gasteiger partial charge < -0.3 is 15.8 Å². The van der Waals surface area contributed by atoms with Crippen LogP contribution in [0.2, 0.25) is 0 Å². The van der Waals surface area contributed by atoms with Crippen molar-refractivity contribution in [2.45, 2.75) is 59.1 Å². The molecule has 1 amide bonds. The van der Waals surface area contributed by atoms with Crippen LogP contribution in [0.5, 0.6) is 0 Å². The van der Waals surface area contributed by atoms with Crippen LogP contribution in [0.25, 0.3) is 0 Å². The van der Waals surface area contributed by atoms with Crippen molar-refractivity contribution < 1.29 is 9.53 Å². The van der Waals surface area contributed by atoms with Gasteiger partial charge in [-0.15, -0.1) is 0 Å². The second-order valence-electron chi connectivity index (χ2n) is 5.91. The van der Waals surface area contributed by atoms with Gasteiger partial charge in [0.25, 0.3) is 0 Å². The summed E-state index contributed by atoms with van der Waals surface area (Å²) in [5.41, 5.74) is 7.38. The van der Waals surface area contributed by atoms with Crippen LogP contribution in [-0.4, -0.2) is 18.6 Å². The molecule has 1 aromatic carbocycles. The predicted molar refractivity (Wildman–Crippen MR) is 91.7 cm³/mol. The van der Waals surface area contributed by atoms with E-state index in [4.69, 9.17) is 10.5 Å². The summed E-state index contributed by atoms with van der Waals surface area (Å²) in [5, 5.41) is 2.80. The first kappa shape index (κ1) is 18.7. The smallest absolute Gasteiger partial charge is 0.240 e. The van der Waals surface area contributed by atoms with Gasteiger partial charge in [0.1, 0.15) is 0 Å². The third kappa shape index (κ3) is 7.05. The molecule has 0 aliphatic rings. The normalized spacial score (nSPS) is 13.6.